The molecule has 1 aliphatic carbocycles. The summed E-state index contributed by atoms with van der Waals surface area (Å²) in [6.45, 7) is 1.98. The van der Waals surface area contributed by atoms with Gasteiger partial charge in [-0.15, -0.1) is 0 Å². The third-order valence-corrected chi connectivity index (χ3v) is 7.60. The number of hydrogen-bond donors (Lipinski definition) is 1. The van der Waals surface area contributed by atoms with Gasteiger partial charge in [-0.2, -0.15) is 28.4 Å². The maximum absolute atomic E-state index is 13.8. The predicted molar refractivity (Wildman–Crippen MR) is 139 cm³/mol. The first kappa shape index (κ1) is 25.5. The summed E-state index contributed by atoms with van der Waals surface area (Å²) < 4.78 is 43.0. The van der Waals surface area contributed by atoms with Crippen LogP contribution in [0.1, 0.15) is 63.9 Å². The Hall–Kier alpha value is -4.79. The third-order valence-electron chi connectivity index (χ3n) is 7.60. The molecule has 0 bridgehead atoms. The molecule has 202 valence electrons. The Morgan fingerprint density at radius 2 is 1.80 bits per heavy atom. The second kappa shape index (κ2) is 9.44. The van der Waals surface area contributed by atoms with Crippen LogP contribution in [0.25, 0.3) is 11.2 Å². The quantitative estimate of drug-likeness (QED) is 0.333. The number of imidazole rings is 1. The molecule has 2 aromatic heterocycles. The summed E-state index contributed by atoms with van der Waals surface area (Å²) in [5.41, 5.74) is 0.0499. The molecule has 2 aromatic carbocycles. The van der Waals surface area contributed by atoms with Crippen molar-refractivity contribution < 1.29 is 22.8 Å². The predicted octanol–water partition coefficient (Wildman–Crippen LogP) is 5.17. The van der Waals surface area contributed by atoms with Crippen molar-refractivity contribution in [2.45, 2.75) is 44.9 Å². The maximum atomic E-state index is 13.8. The Morgan fingerprint density at radius 3 is 2.40 bits per heavy atom. The van der Waals surface area contributed by atoms with E-state index in [1.54, 1.807) is 16.7 Å². The van der Waals surface area contributed by atoms with Crippen LogP contribution in [0.4, 0.5) is 24.8 Å². The number of nitrogens with zero attached hydrogens (tertiary/aromatic N) is 6. The van der Waals surface area contributed by atoms with Gasteiger partial charge < -0.3 is 9.88 Å². The van der Waals surface area contributed by atoms with Gasteiger partial charge in [-0.1, -0.05) is 24.6 Å². The van der Waals surface area contributed by atoms with Crippen molar-refractivity contribution in [2.75, 3.05) is 10.2 Å². The number of alkyl halides is 3. The SMILES string of the molecule is C[C@@H](Nc1nc2nc(C#N)ncc2n1Cc1ccc(C(F)(F)F)cc1N1C(=O)c2ccccc2C1=O)C1CCC1. The number of anilines is 2. The Bertz CT molecular complexity index is 1680. The average molecular weight is 546 g/mol. The molecular formula is C28H22F3N7O2. The lowest BCUT2D eigenvalue weighted by Crippen LogP contribution is -2.32. The minimum atomic E-state index is -4.69. The second-order valence-electron chi connectivity index (χ2n) is 9.99. The smallest absolute Gasteiger partial charge is 0.353 e. The molecule has 3 heterocycles. The van der Waals surface area contributed by atoms with Crippen molar-refractivity contribution in [3.05, 3.63) is 76.7 Å². The number of hydrogen-bond acceptors (Lipinski definition) is 7. The van der Waals surface area contributed by atoms with Crippen molar-refractivity contribution >= 4 is 34.6 Å². The first-order valence-corrected chi connectivity index (χ1v) is 12.7. The molecule has 1 atom stereocenters. The van der Waals surface area contributed by atoms with Gasteiger partial charge in [0.25, 0.3) is 11.8 Å². The molecule has 0 spiro atoms. The summed E-state index contributed by atoms with van der Waals surface area (Å²) in [7, 11) is 0. The van der Waals surface area contributed by atoms with E-state index in [1.165, 1.54) is 24.4 Å². The zero-order valence-corrected chi connectivity index (χ0v) is 21.2. The van der Waals surface area contributed by atoms with Gasteiger partial charge in [0.1, 0.15) is 11.6 Å². The molecule has 0 saturated heterocycles. The largest absolute Gasteiger partial charge is 0.416 e. The Kier molecular flexibility index (Phi) is 6.02. The lowest BCUT2D eigenvalue weighted by Gasteiger charge is -2.32. The number of rotatable bonds is 6. The molecule has 1 N–H and O–H groups in total. The van der Waals surface area contributed by atoms with Crippen molar-refractivity contribution in [1.29, 1.82) is 5.26 Å². The number of aromatic nitrogens is 4. The van der Waals surface area contributed by atoms with Gasteiger partial charge in [0.15, 0.2) is 5.65 Å². The van der Waals surface area contributed by atoms with Crippen LogP contribution in [0.2, 0.25) is 0 Å². The molecule has 1 aliphatic heterocycles. The van der Waals surface area contributed by atoms with Crippen molar-refractivity contribution in [1.82, 2.24) is 19.5 Å². The number of halogens is 3. The van der Waals surface area contributed by atoms with Gasteiger partial charge in [-0.3, -0.25) is 9.59 Å². The van der Waals surface area contributed by atoms with Crippen LogP contribution >= 0.6 is 0 Å². The number of benzene rings is 2. The average Bonchev–Trinajstić information content (AvgIpc) is 3.35. The lowest BCUT2D eigenvalue weighted by molar-refractivity contribution is -0.137. The van der Waals surface area contributed by atoms with Crippen LogP contribution in [0.15, 0.2) is 48.7 Å². The molecule has 4 aromatic rings. The number of nitrogens with one attached hydrogen (secondary N) is 1. The first-order chi connectivity index (χ1) is 19.2. The summed E-state index contributed by atoms with van der Waals surface area (Å²) >= 11 is 0. The van der Waals surface area contributed by atoms with E-state index in [4.69, 9.17) is 0 Å². The molecule has 1 fully saturated rings. The van der Waals surface area contributed by atoms with Crippen molar-refractivity contribution in [3.63, 3.8) is 0 Å². The molecule has 1 saturated carbocycles. The van der Waals surface area contributed by atoms with E-state index in [1.807, 2.05) is 13.0 Å². The zero-order chi connectivity index (χ0) is 28.2. The van der Waals surface area contributed by atoms with E-state index in [-0.39, 0.29) is 46.4 Å². The van der Waals surface area contributed by atoms with Gasteiger partial charge in [-0.25, -0.2) is 9.88 Å². The maximum Gasteiger partial charge on any atom is 0.416 e. The van der Waals surface area contributed by atoms with Crippen LogP contribution in [0.3, 0.4) is 0 Å². The van der Waals surface area contributed by atoms with Crippen molar-refractivity contribution in [3.8, 4) is 6.07 Å². The standard InChI is InChI=1S/C28H22F3N7O2/c1-15(16-5-4-6-16)34-27-36-24-22(13-33-23(12-32)35-24)37(27)14-17-9-10-18(28(29,30)31)11-21(17)38-25(39)19-7-2-3-8-20(19)26(38)40/h2-3,7-11,13,15-16H,4-6,14H2,1H3,(H,33,34,35,36)/t15-/m1/s1. The topological polar surface area (TPSA) is 117 Å². The van der Waals surface area contributed by atoms with Gasteiger partial charge in [0.05, 0.1) is 35.1 Å². The molecule has 6 rings (SSSR count). The van der Waals surface area contributed by atoms with E-state index in [0.717, 1.165) is 36.3 Å². The molecule has 40 heavy (non-hydrogen) atoms. The van der Waals surface area contributed by atoms with E-state index in [2.05, 4.69) is 20.3 Å². The number of nitriles is 1. The Morgan fingerprint density at radius 1 is 1.10 bits per heavy atom. The fraction of sp³-hybridized carbons (Fsp3) is 0.286. The fourth-order valence-corrected chi connectivity index (χ4v) is 5.16. The number of fused-ring (bicyclic) bond motifs is 2. The molecule has 0 unspecified atom stereocenters. The fourth-order valence-electron chi connectivity index (χ4n) is 5.16. The molecule has 9 nitrogen and oxygen atoms in total. The molecule has 12 heteroatoms. The van der Waals surface area contributed by atoms with Crippen LogP contribution in [0.5, 0.6) is 0 Å². The highest BCUT2D eigenvalue weighted by atomic mass is 19.4. The Balaban J connectivity index is 1.48. The monoisotopic (exact) mass is 545 g/mol. The van der Waals surface area contributed by atoms with Gasteiger partial charge in [-0.05, 0) is 55.5 Å². The van der Waals surface area contributed by atoms with Gasteiger partial charge in [0.2, 0.25) is 11.8 Å². The zero-order valence-electron chi connectivity index (χ0n) is 21.2. The number of carbonyl (C=O) groups is 2. The highest BCUT2D eigenvalue weighted by molar-refractivity contribution is 6.34. The summed E-state index contributed by atoms with van der Waals surface area (Å²) in [6.07, 6.45) is 0.00339. The number of amides is 2. The molecule has 2 aliphatic rings. The summed E-state index contributed by atoms with van der Waals surface area (Å²) in [5, 5.41) is 12.6. The van der Waals surface area contributed by atoms with E-state index in [9.17, 15) is 28.0 Å². The minimum Gasteiger partial charge on any atom is -0.353 e. The highest BCUT2D eigenvalue weighted by Crippen LogP contribution is 2.38. The first-order valence-electron chi connectivity index (χ1n) is 12.7. The van der Waals surface area contributed by atoms with Crippen molar-refractivity contribution in [2.24, 2.45) is 5.92 Å². The van der Waals surface area contributed by atoms with E-state index < -0.39 is 23.6 Å². The third kappa shape index (κ3) is 4.23. The summed E-state index contributed by atoms with van der Waals surface area (Å²) in [6, 6.07) is 11.1. The number of imide groups is 1. The van der Waals surface area contributed by atoms with Gasteiger partial charge >= 0.3 is 6.18 Å². The number of carbonyl (C=O) groups excluding carboxylic acids is 2. The normalized spacial score (nSPS) is 16.1. The van der Waals surface area contributed by atoms with Crippen LogP contribution in [0, 0.1) is 17.2 Å². The van der Waals surface area contributed by atoms with E-state index in [0.29, 0.717) is 17.4 Å². The van der Waals surface area contributed by atoms with Crippen LogP contribution in [-0.2, 0) is 12.7 Å². The Labute approximate surface area is 226 Å². The molecular weight excluding hydrogens is 523 g/mol. The second-order valence-corrected chi connectivity index (χ2v) is 9.99. The molecule has 0 radical (unpaired) electrons. The lowest BCUT2D eigenvalue weighted by atomic mass is 9.80. The minimum absolute atomic E-state index is 0.0493. The van der Waals surface area contributed by atoms with E-state index >= 15 is 0 Å². The summed E-state index contributed by atoms with van der Waals surface area (Å²) in [4.78, 5) is 40.2. The van der Waals surface area contributed by atoms with Crippen LogP contribution in [-0.4, -0.2) is 37.4 Å². The summed E-state index contributed by atoms with van der Waals surface area (Å²) in [5.74, 6) is -0.635. The molecule has 2 amide bonds. The van der Waals surface area contributed by atoms with Gasteiger partial charge in [0, 0.05) is 6.04 Å². The van der Waals surface area contributed by atoms with Crippen LogP contribution < -0.4 is 10.2 Å². The highest BCUT2D eigenvalue weighted by Gasteiger charge is 2.39.